The fourth-order valence-corrected chi connectivity index (χ4v) is 1.21. The van der Waals surface area contributed by atoms with Crippen molar-refractivity contribution in [3.05, 3.63) is 23.6 Å². The lowest BCUT2D eigenvalue weighted by Crippen LogP contribution is -1.87. The normalized spacial score (nSPS) is 10.2. The number of aliphatic imine (C=N–C) groups is 1. The summed E-state index contributed by atoms with van der Waals surface area (Å²) in [6.45, 7) is 3.38. The van der Waals surface area contributed by atoms with Crippen LogP contribution >= 0.6 is 11.6 Å². The Labute approximate surface area is 79.3 Å². The number of hydrogen-bond donors (Lipinski definition) is 0. The Morgan fingerprint density at radius 1 is 1.38 bits per heavy atom. The highest BCUT2D eigenvalue weighted by atomic mass is 35.5. The van der Waals surface area contributed by atoms with Crippen LogP contribution < -0.4 is 0 Å². The molecular weight excluding hydrogens is 188 g/mol. The minimum absolute atomic E-state index is 0.155. The molecule has 64 valence electrons. The van der Waals surface area contributed by atoms with E-state index in [1.807, 2.05) is 0 Å². The van der Waals surface area contributed by atoms with Gasteiger partial charge in [0.25, 0.3) is 0 Å². The molecule has 2 aromatic rings. The second-order valence-corrected chi connectivity index (χ2v) is 2.68. The van der Waals surface area contributed by atoms with Crippen LogP contribution in [0.2, 0.25) is 5.28 Å². The van der Waals surface area contributed by atoms with Crippen molar-refractivity contribution in [2.24, 2.45) is 4.99 Å². The predicted molar refractivity (Wildman–Crippen MR) is 51.6 cm³/mol. The molecule has 0 aromatic carbocycles. The van der Waals surface area contributed by atoms with Crippen LogP contribution in [0.4, 0.5) is 5.82 Å². The van der Waals surface area contributed by atoms with Crippen LogP contribution in [-0.4, -0.2) is 21.7 Å². The smallest absolute Gasteiger partial charge is 0.225 e. The number of rotatable bonds is 1. The molecule has 0 saturated heterocycles. The van der Waals surface area contributed by atoms with Crippen LogP contribution in [0.1, 0.15) is 0 Å². The van der Waals surface area contributed by atoms with Gasteiger partial charge >= 0.3 is 0 Å². The average molecular weight is 193 g/mol. The summed E-state index contributed by atoms with van der Waals surface area (Å²) in [5, 5.41) is 0.155. The summed E-state index contributed by atoms with van der Waals surface area (Å²) < 4.78 is 0. The van der Waals surface area contributed by atoms with E-state index in [9.17, 15) is 0 Å². The van der Waals surface area contributed by atoms with Crippen LogP contribution in [0, 0.1) is 0 Å². The van der Waals surface area contributed by atoms with E-state index in [2.05, 4.69) is 26.7 Å². The van der Waals surface area contributed by atoms with Gasteiger partial charge in [-0.2, -0.15) is 4.98 Å². The summed E-state index contributed by atoms with van der Waals surface area (Å²) >= 11 is 5.66. The lowest BCUT2D eigenvalue weighted by molar-refractivity contribution is 1.18. The van der Waals surface area contributed by atoms with Crippen molar-refractivity contribution in [2.45, 2.75) is 0 Å². The van der Waals surface area contributed by atoms with Crippen molar-refractivity contribution in [3.8, 4) is 0 Å². The molecule has 13 heavy (non-hydrogen) atoms. The van der Waals surface area contributed by atoms with Crippen molar-refractivity contribution >= 4 is 35.2 Å². The van der Waals surface area contributed by atoms with Gasteiger partial charge in [-0.3, -0.25) is 4.98 Å². The molecule has 4 nitrogen and oxygen atoms in total. The van der Waals surface area contributed by atoms with Gasteiger partial charge in [0.2, 0.25) is 5.28 Å². The Bertz CT molecular complexity index is 469. The molecule has 2 heterocycles. The van der Waals surface area contributed by atoms with Gasteiger partial charge in [-0.05, 0) is 30.5 Å². The minimum atomic E-state index is 0.155. The molecule has 0 aliphatic carbocycles. The van der Waals surface area contributed by atoms with Crippen molar-refractivity contribution in [1.29, 1.82) is 0 Å². The Morgan fingerprint density at radius 3 is 3.00 bits per heavy atom. The number of hydrogen-bond acceptors (Lipinski definition) is 4. The number of fused-ring (bicyclic) bond motifs is 1. The topological polar surface area (TPSA) is 51.0 Å². The van der Waals surface area contributed by atoms with Crippen molar-refractivity contribution < 1.29 is 0 Å². The molecule has 0 unspecified atom stereocenters. The van der Waals surface area contributed by atoms with Crippen LogP contribution in [0.15, 0.2) is 23.3 Å². The zero-order valence-corrected chi connectivity index (χ0v) is 7.36. The first-order valence-corrected chi connectivity index (χ1v) is 3.94. The zero-order valence-electron chi connectivity index (χ0n) is 6.61. The lowest BCUT2D eigenvalue weighted by atomic mass is 10.3. The molecular formula is C8H5ClN4. The second-order valence-electron chi connectivity index (χ2n) is 2.35. The Kier molecular flexibility index (Phi) is 1.90. The summed E-state index contributed by atoms with van der Waals surface area (Å²) in [6, 6.07) is 3.57. The van der Waals surface area contributed by atoms with Gasteiger partial charge in [0.1, 0.15) is 5.52 Å². The zero-order chi connectivity index (χ0) is 9.26. The standard InChI is InChI=1S/C8H5ClN4/c1-10-7-6-5(3-2-4-11-6)12-8(9)13-7/h2-4H,1H2. The summed E-state index contributed by atoms with van der Waals surface area (Å²) in [7, 11) is 0. The minimum Gasteiger partial charge on any atom is -0.251 e. The van der Waals surface area contributed by atoms with E-state index in [0.29, 0.717) is 16.9 Å². The SMILES string of the molecule is C=Nc1nc(Cl)nc2cccnc12. The van der Waals surface area contributed by atoms with E-state index in [-0.39, 0.29) is 5.28 Å². The van der Waals surface area contributed by atoms with Gasteiger partial charge in [0.15, 0.2) is 5.82 Å². The second kappa shape index (κ2) is 3.06. The maximum Gasteiger partial charge on any atom is 0.225 e. The highest BCUT2D eigenvalue weighted by Crippen LogP contribution is 2.20. The molecule has 5 heteroatoms. The molecule has 0 fully saturated rings. The van der Waals surface area contributed by atoms with Gasteiger partial charge in [-0.25, -0.2) is 9.98 Å². The maximum atomic E-state index is 5.66. The third kappa shape index (κ3) is 1.36. The van der Waals surface area contributed by atoms with Gasteiger partial charge in [0, 0.05) is 6.20 Å². The summed E-state index contributed by atoms with van der Waals surface area (Å²) in [6.07, 6.45) is 1.65. The fourth-order valence-electron chi connectivity index (χ4n) is 1.03. The molecule has 0 atom stereocenters. The van der Waals surface area contributed by atoms with E-state index >= 15 is 0 Å². The van der Waals surface area contributed by atoms with E-state index < -0.39 is 0 Å². The van der Waals surface area contributed by atoms with Crippen molar-refractivity contribution in [1.82, 2.24) is 15.0 Å². The average Bonchev–Trinajstić information content (AvgIpc) is 2.16. The number of halogens is 1. The fraction of sp³-hybridized carbons (Fsp3) is 0. The molecule has 0 amide bonds. The van der Waals surface area contributed by atoms with Crippen molar-refractivity contribution in [3.63, 3.8) is 0 Å². The van der Waals surface area contributed by atoms with Gasteiger partial charge in [-0.1, -0.05) is 0 Å². The summed E-state index contributed by atoms with van der Waals surface area (Å²) in [5.74, 6) is 0.413. The van der Waals surface area contributed by atoms with E-state index in [4.69, 9.17) is 11.6 Å². The molecule has 2 rings (SSSR count). The number of aromatic nitrogens is 3. The van der Waals surface area contributed by atoms with E-state index in [1.165, 1.54) is 0 Å². The molecule has 2 aromatic heterocycles. The van der Waals surface area contributed by atoms with Gasteiger partial charge in [-0.15, -0.1) is 0 Å². The largest absolute Gasteiger partial charge is 0.251 e. The third-order valence-corrected chi connectivity index (χ3v) is 1.73. The molecule has 0 saturated carbocycles. The first-order valence-electron chi connectivity index (χ1n) is 3.56. The summed E-state index contributed by atoms with van der Waals surface area (Å²) in [5.41, 5.74) is 1.28. The molecule has 0 bridgehead atoms. The lowest BCUT2D eigenvalue weighted by Gasteiger charge is -1.98. The van der Waals surface area contributed by atoms with Crippen LogP contribution in [0.5, 0.6) is 0 Å². The van der Waals surface area contributed by atoms with Crippen LogP contribution in [0.25, 0.3) is 11.0 Å². The Balaban J connectivity index is 2.89. The van der Waals surface area contributed by atoms with Gasteiger partial charge in [0.05, 0.1) is 5.52 Å². The molecule has 0 radical (unpaired) electrons. The van der Waals surface area contributed by atoms with E-state index in [0.717, 1.165) is 0 Å². The quantitative estimate of drug-likeness (QED) is 0.513. The highest BCUT2D eigenvalue weighted by molar-refractivity contribution is 6.28. The first-order chi connectivity index (χ1) is 6.31. The maximum absolute atomic E-state index is 5.66. The number of nitrogens with zero attached hydrogens (tertiary/aromatic N) is 4. The van der Waals surface area contributed by atoms with Crippen molar-refractivity contribution in [2.75, 3.05) is 0 Å². The Hall–Kier alpha value is -1.55. The molecule has 0 spiro atoms. The van der Waals surface area contributed by atoms with Gasteiger partial charge < -0.3 is 0 Å². The van der Waals surface area contributed by atoms with E-state index in [1.54, 1.807) is 18.3 Å². The number of pyridine rings is 1. The first kappa shape index (κ1) is 8.07. The Morgan fingerprint density at radius 2 is 2.23 bits per heavy atom. The highest BCUT2D eigenvalue weighted by Gasteiger charge is 2.04. The molecule has 0 aliphatic heterocycles. The third-order valence-electron chi connectivity index (χ3n) is 1.56. The summed E-state index contributed by atoms with van der Waals surface area (Å²) in [4.78, 5) is 15.7. The molecule has 0 aliphatic rings. The van der Waals surface area contributed by atoms with Crippen LogP contribution in [-0.2, 0) is 0 Å². The predicted octanol–water partition coefficient (Wildman–Crippen LogP) is 2.01. The monoisotopic (exact) mass is 192 g/mol. The van der Waals surface area contributed by atoms with Crippen LogP contribution in [0.3, 0.4) is 0 Å². The molecule has 0 N–H and O–H groups in total.